The molecule has 0 atom stereocenters. The monoisotopic (exact) mass is 249 g/mol. The highest BCUT2D eigenvalue weighted by molar-refractivity contribution is 7.09. The van der Waals surface area contributed by atoms with Crippen molar-refractivity contribution < 1.29 is 0 Å². The Bertz CT molecular complexity index is 559. The minimum absolute atomic E-state index is 0.0783. The molecule has 0 unspecified atom stereocenters. The third kappa shape index (κ3) is 3.23. The Morgan fingerprint density at radius 2 is 2.18 bits per heavy atom. The van der Waals surface area contributed by atoms with E-state index in [9.17, 15) is 4.79 Å². The van der Waals surface area contributed by atoms with Gasteiger partial charge in [0.1, 0.15) is 5.82 Å². The van der Waals surface area contributed by atoms with Gasteiger partial charge in [-0.1, -0.05) is 13.3 Å². The van der Waals surface area contributed by atoms with Crippen LogP contribution in [-0.4, -0.2) is 15.0 Å². The first-order valence-electron chi connectivity index (χ1n) is 5.67. The third-order valence-electron chi connectivity index (χ3n) is 2.37. The molecule has 0 aliphatic carbocycles. The molecule has 2 rings (SSSR count). The average molecular weight is 249 g/mol. The molecule has 0 aliphatic rings. The standard InChI is InChI=1S/C12H15N3OS/c1-3-4-9-6-12(16)15-11(14-9)5-10-7-17-8(2)13-10/h6-7H,3-5H2,1-2H3,(H,14,15,16). The zero-order valence-corrected chi connectivity index (χ0v) is 10.8. The Morgan fingerprint density at radius 1 is 1.35 bits per heavy atom. The number of H-pyrrole nitrogens is 1. The molecule has 2 aromatic rings. The summed E-state index contributed by atoms with van der Waals surface area (Å²) in [5.41, 5.74) is 1.74. The van der Waals surface area contributed by atoms with E-state index in [1.807, 2.05) is 12.3 Å². The van der Waals surface area contributed by atoms with E-state index in [1.165, 1.54) is 0 Å². The Kier molecular flexibility index (Phi) is 3.68. The van der Waals surface area contributed by atoms with E-state index in [0.29, 0.717) is 12.2 Å². The first kappa shape index (κ1) is 12.0. The van der Waals surface area contributed by atoms with Gasteiger partial charge < -0.3 is 4.98 Å². The van der Waals surface area contributed by atoms with Crippen LogP contribution in [-0.2, 0) is 12.8 Å². The molecule has 0 saturated carbocycles. The lowest BCUT2D eigenvalue weighted by Gasteiger charge is -2.01. The molecule has 0 aliphatic heterocycles. The molecule has 17 heavy (non-hydrogen) atoms. The molecule has 0 fully saturated rings. The first-order valence-corrected chi connectivity index (χ1v) is 6.55. The number of nitrogens with one attached hydrogen (secondary N) is 1. The summed E-state index contributed by atoms with van der Waals surface area (Å²) in [6, 6.07) is 1.57. The number of nitrogens with zero attached hydrogens (tertiary/aromatic N) is 2. The Balaban J connectivity index is 2.23. The highest BCUT2D eigenvalue weighted by atomic mass is 32.1. The van der Waals surface area contributed by atoms with Crippen LogP contribution in [0, 0.1) is 6.92 Å². The molecule has 2 heterocycles. The van der Waals surface area contributed by atoms with Crippen molar-refractivity contribution in [2.45, 2.75) is 33.1 Å². The molecular weight excluding hydrogens is 234 g/mol. The van der Waals surface area contributed by atoms with E-state index >= 15 is 0 Å². The summed E-state index contributed by atoms with van der Waals surface area (Å²) >= 11 is 1.61. The van der Waals surface area contributed by atoms with Crippen molar-refractivity contribution in [3.8, 4) is 0 Å². The van der Waals surface area contributed by atoms with E-state index in [2.05, 4.69) is 21.9 Å². The normalized spacial score (nSPS) is 10.7. The van der Waals surface area contributed by atoms with Gasteiger partial charge in [-0.05, 0) is 13.3 Å². The molecule has 0 saturated heterocycles. The number of aromatic amines is 1. The van der Waals surface area contributed by atoms with Crippen LogP contribution < -0.4 is 5.56 Å². The summed E-state index contributed by atoms with van der Waals surface area (Å²) in [7, 11) is 0. The molecule has 0 amide bonds. The van der Waals surface area contributed by atoms with Gasteiger partial charge in [-0.15, -0.1) is 11.3 Å². The third-order valence-corrected chi connectivity index (χ3v) is 3.19. The van der Waals surface area contributed by atoms with Crippen LogP contribution >= 0.6 is 11.3 Å². The van der Waals surface area contributed by atoms with E-state index in [4.69, 9.17) is 0 Å². The summed E-state index contributed by atoms with van der Waals surface area (Å²) < 4.78 is 0. The van der Waals surface area contributed by atoms with Gasteiger partial charge >= 0.3 is 0 Å². The van der Waals surface area contributed by atoms with Crippen molar-refractivity contribution in [1.82, 2.24) is 15.0 Å². The number of thiazole rings is 1. The minimum atomic E-state index is -0.0783. The zero-order valence-electron chi connectivity index (χ0n) is 9.99. The molecule has 2 aromatic heterocycles. The molecule has 5 heteroatoms. The second kappa shape index (κ2) is 5.23. The van der Waals surface area contributed by atoms with Gasteiger partial charge in [0, 0.05) is 23.6 Å². The molecule has 0 aromatic carbocycles. The number of aromatic nitrogens is 3. The maximum Gasteiger partial charge on any atom is 0.251 e. The topological polar surface area (TPSA) is 58.6 Å². The van der Waals surface area contributed by atoms with Crippen molar-refractivity contribution in [2.24, 2.45) is 0 Å². The van der Waals surface area contributed by atoms with Crippen molar-refractivity contribution in [2.75, 3.05) is 0 Å². The van der Waals surface area contributed by atoms with Crippen molar-refractivity contribution in [1.29, 1.82) is 0 Å². The summed E-state index contributed by atoms with van der Waals surface area (Å²) in [4.78, 5) is 23.0. The summed E-state index contributed by atoms with van der Waals surface area (Å²) in [6.45, 7) is 4.05. The van der Waals surface area contributed by atoms with Gasteiger partial charge in [0.05, 0.1) is 10.7 Å². The maximum atomic E-state index is 11.5. The van der Waals surface area contributed by atoms with Gasteiger partial charge in [0.15, 0.2) is 0 Å². The van der Waals surface area contributed by atoms with Gasteiger partial charge in [-0.25, -0.2) is 9.97 Å². The van der Waals surface area contributed by atoms with Crippen LogP contribution in [0.1, 0.15) is 35.6 Å². The molecule has 0 radical (unpaired) electrons. The van der Waals surface area contributed by atoms with Crippen LogP contribution in [0.3, 0.4) is 0 Å². The fourth-order valence-corrected chi connectivity index (χ4v) is 2.30. The number of aryl methyl sites for hydroxylation is 2. The van der Waals surface area contributed by atoms with Crippen LogP contribution in [0.2, 0.25) is 0 Å². The lowest BCUT2D eigenvalue weighted by atomic mass is 10.2. The van der Waals surface area contributed by atoms with Crippen molar-refractivity contribution in [3.63, 3.8) is 0 Å². The van der Waals surface area contributed by atoms with Gasteiger partial charge in [-0.2, -0.15) is 0 Å². The van der Waals surface area contributed by atoms with Gasteiger partial charge in [0.25, 0.3) is 5.56 Å². The summed E-state index contributed by atoms with van der Waals surface area (Å²) in [5.74, 6) is 0.700. The largest absolute Gasteiger partial charge is 0.310 e. The Morgan fingerprint density at radius 3 is 2.82 bits per heavy atom. The summed E-state index contributed by atoms with van der Waals surface area (Å²) in [6.07, 6.45) is 2.43. The first-order chi connectivity index (χ1) is 8.17. The molecule has 1 N–H and O–H groups in total. The molecule has 4 nitrogen and oxygen atoms in total. The maximum absolute atomic E-state index is 11.5. The lowest BCUT2D eigenvalue weighted by Crippen LogP contribution is -2.13. The quantitative estimate of drug-likeness (QED) is 0.902. The molecule has 0 bridgehead atoms. The Labute approximate surface area is 104 Å². The predicted molar refractivity (Wildman–Crippen MR) is 68.5 cm³/mol. The SMILES string of the molecule is CCCc1cc(=O)[nH]c(Cc2csc(C)n2)n1. The van der Waals surface area contributed by atoms with Gasteiger partial charge in [0.2, 0.25) is 0 Å². The van der Waals surface area contributed by atoms with E-state index in [1.54, 1.807) is 17.4 Å². The highest BCUT2D eigenvalue weighted by Gasteiger charge is 2.04. The smallest absolute Gasteiger partial charge is 0.251 e. The number of hydrogen-bond acceptors (Lipinski definition) is 4. The van der Waals surface area contributed by atoms with E-state index in [-0.39, 0.29) is 5.56 Å². The van der Waals surface area contributed by atoms with Crippen molar-refractivity contribution in [3.05, 3.63) is 44.0 Å². The molecule has 0 spiro atoms. The van der Waals surface area contributed by atoms with E-state index < -0.39 is 0 Å². The average Bonchev–Trinajstić information content (AvgIpc) is 2.63. The lowest BCUT2D eigenvalue weighted by molar-refractivity contribution is 0.827. The minimum Gasteiger partial charge on any atom is -0.310 e. The van der Waals surface area contributed by atoms with Crippen LogP contribution in [0.25, 0.3) is 0 Å². The van der Waals surface area contributed by atoms with Crippen LogP contribution in [0.15, 0.2) is 16.2 Å². The zero-order chi connectivity index (χ0) is 12.3. The van der Waals surface area contributed by atoms with Crippen LogP contribution in [0.5, 0.6) is 0 Å². The molecular formula is C12H15N3OS. The fourth-order valence-electron chi connectivity index (χ4n) is 1.69. The fraction of sp³-hybridized carbons (Fsp3) is 0.417. The highest BCUT2D eigenvalue weighted by Crippen LogP contribution is 2.10. The van der Waals surface area contributed by atoms with Gasteiger partial charge in [-0.3, -0.25) is 4.79 Å². The summed E-state index contributed by atoms with van der Waals surface area (Å²) in [5, 5.41) is 3.04. The number of rotatable bonds is 4. The number of hydrogen-bond donors (Lipinski definition) is 1. The second-order valence-corrected chi connectivity index (χ2v) is 5.03. The van der Waals surface area contributed by atoms with Crippen molar-refractivity contribution >= 4 is 11.3 Å². The second-order valence-electron chi connectivity index (χ2n) is 3.97. The molecule has 90 valence electrons. The van der Waals surface area contributed by atoms with E-state index in [0.717, 1.165) is 29.2 Å². The van der Waals surface area contributed by atoms with Crippen LogP contribution in [0.4, 0.5) is 0 Å². The predicted octanol–water partition coefficient (Wildman–Crippen LogP) is 2.08. The Hall–Kier alpha value is -1.49.